The summed E-state index contributed by atoms with van der Waals surface area (Å²) in [5.74, 6) is 0. The molecule has 9 rings (SSSR count). The van der Waals surface area contributed by atoms with Crippen molar-refractivity contribution >= 4 is 82.1 Å². The van der Waals surface area contributed by atoms with Crippen LogP contribution in [0.2, 0.25) is 0 Å². The normalized spacial score (nSPS) is 11.8. The van der Waals surface area contributed by atoms with E-state index in [1.807, 2.05) is 12.1 Å². The molecule has 0 saturated carbocycles. The van der Waals surface area contributed by atoms with Gasteiger partial charge in [-0.15, -0.1) is 0 Å². The summed E-state index contributed by atoms with van der Waals surface area (Å²) in [7, 11) is 0. The Morgan fingerprint density at radius 2 is 0.952 bits per heavy atom. The van der Waals surface area contributed by atoms with Gasteiger partial charge in [0.25, 0.3) is 0 Å². The van der Waals surface area contributed by atoms with Crippen LogP contribution in [0.15, 0.2) is 156 Å². The maximum atomic E-state index is 6.51. The molecular formula is C40H25NO. The summed E-state index contributed by atoms with van der Waals surface area (Å²) in [6, 6.07) is 54.3. The zero-order valence-corrected chi connectivity index (χ0v) is 22.8. The fourth-order valence-electron chi connectivity index (χ4n) is 6.67. The molecule has 1 heterocycles. The lowest BCUT2D eigenvalue weighted by Gasteiger charge is -2.26. The first-order chi connectivity index (χ1) is 20.8. The van der Waals surface area contributed by atoms with Gasteiger partial charge in [0, 0.05) is 22.1 Å². The van der Waals surface area contributed by atoms with Crippen molar-refractivity contribution in [3.05, 3.63) is 152 Å². The third-order valence-corrected chi connectivity index (χ3v) is 8.62. The van der Waals surface area contributed by atoms with Gasteiger partial charge in [0.2, 0.25) is 0 Å². The number of benzene rings is 8. The Bertz CT molecular complexity index is 2470. The van der Waals surface area contributed by atoms with Crippen molar-refractivity contribution in [1.82, 2.24) is 0 Å². The molecule has 0 N–H and O–H groups in total. The molecule has 0 fully saturated rings. The minimum atomic E-state index is 0.887. The van der Waals surface area contributed by atoms with Gasteiger partial charge in [-0.25, -0.2) is 0 Å². The molecular weight excluding hydrogens is 510 g/mol. The molecule has 0 aliphatic carbocycles. The Morgan fingerprint density at radius 1 is 0.357 bits per heavy atom. The Labute approximate surface area is 242 Å². The van der Waals surface area contributed by atoms with Crippen LogP contribution in [0.3, 0.4) is 0 Å². The number of hydrogen-bond acceptors (Lipinski definition) is 2. The largest absolute Gasteiger partial charge is 0.454 e. The van der Waals surface area contributed by atoms with Crippen molar-refractivity contribution in [1.29, 1.82) is 0 Å². The highest BCUT2D eigenvalue weighted by Crippen LogP contribution is 2.43. The van der Waals surface area contributed by atoms with E-state index in [1.165, 1.54) is 43.1 Å². The molecule has 42 heavy (non-hydrogen) atoms. The summed E-state index contributed by atoms with van der Waals surface area (Å²) in [4.78, 5) is 2.32. The van der Waals surface area contributed by atoms with E-state index in [9.17, 15) is 0 Å². The summed E-state index contributed by atoms with van der Waals surface area (Å²) in [5.41, 5.74) is 4.98. The van der Waals surface area contributed by atoms with E-state index in [0.29, 0.717) is 0 Å². The maximum Gasteiger partial charge on any atom is 0.159 e. The molecule has 0 unspecified atom stereocenters. The monoisotopic (exact) mass is 535 g/mol. The zero-order chi connectivity index (χ0) is 27.6. The predicted octanol–water partition coefficient (Wildman–Crippen LogP) is 11.7. The van der Waals surface area contributed by atoms with E-state index in [-0.39, 0.29) is 0 Å². The van der Waals surface area contributed by atoms with Crippen molar-refractivity contribution in [2.75, 3.05) is 4.90 Å². The minimum absolute atomic E-state index is 0.887. The molecule has 9 aromatic rings. The van der Waals surface area contributed by atoms with Crippen LogP contribution in [0.25, 0.3) is 65.0 Å². The van der Waals surface area contributed by atoms with Crippen LogP contribution >= 0.6 is 0 Å². The van der Waals surface area contributed by atoms with Gasteiger partial charge in [0.05, 0.1) is 5.69 Å². The number of hydrogen-bond donors (Lipinski definition) is 0. The Hall–Kier alpha value is -5.60. The van der Waals surface area contributed by atoms with Crippen LogP contribution < -0.4 is 4.90 Å². The molecule has 0 saturated heterocycles. The standard InChI is InChI=1S/C40H25NO/c1-2-10-28(11-3-1)41(38-15-8-14-36-35-13-6-7-16-39(35)42-40(36)38)29-20-17-27-19-22-33-32-21-18-26-9-4-5-12-30(26)31(32)23-24-34(33)37(27)25-29/h1-25H. The van der Waals surface area contributed by atoms with Gasteiger partial charge in [-0.2, -0.15) is 0 Å². The summed E-state index contributed by atoms with van der Waals surface area (Å²) in [6.07, 6.45) is 0. The smallest absolute Gasteiger partial charge is 0.159 e. The second-order valence-electron chi connectivity index (χ2n) is 10.9. The van der Waals surface area contributed by atoms with Gasteiger partial charge in [0.15, 0.2) is 5.58 Å². The Kier molecular flexibility index (Phi) is 4.93. The first kappa shape index (κ1) is 23.1. The molecule has 196 valence electrons. The summed E-state index contributed by atoms with van der Waals surface area (Å²) >= 11 is 0. The fraction of sp³-hybridized carbons (Fsp3) is 0. The van der Waals surface area contributed by atoms with Crippen LogP contribution in [-0.4, -0.2) is 0 Å². The van der Waals surface area contributed by atoms with Crippen molar-refractivity contribution in [2.45, 2.75) is 0 Å². The summed E-state index contributed by atoms with van der Waals surface area (Å²) in [6.45, 7) is 0. The van der Waals surface area contributed by atoms with E-state index in [2.05, 4.69) is 144 Å². The van der Waals surface area contributed by atoms with Gasteiger partial charge in [-0.05, 0) is 79.5 Å². The van der Waals surface area contributed by atoms with Gasteiger partial charge >= 0.3 is 0 Å². The van der Waals surface area contributed by atoms with Gasteiger partial charge in [-0.1, -0.05) is 115 Å². The third kappa shape index (κ3) is 3.39. The lowest BCUT2D eigenvalue weighted by atomic mass is 9.94. The first-order valence-electron chi connectivity index (χ1n) is 14.4. The number of nitrogens with zero attached hydrogens (tertiary/aromatic N) is 1. The van der Waals surface area contributed by atoms with Gasteiger partial charge in [-0.3, -0.25) is 0 Å². The first-order valence-corrected chi connectivity index (χ1v) is 14.4. The molecule has 0 bridgehead atoms. The average molecular weight is 536 g/mol. The molecule has 2 heteroatoms. The van der Waals surface area contributed by atoms with Crippen LogP contribution in [0.1, 0.15) is 0 Å². The zero-order valence-electron chi connectivity index (χ0n) is 22.8. The van der Waals surface area contributed by atoms with Gasteiger partial charge < -0.3 is 9.32 Å². The van der Waals surface area contributed by atoms with Crippen molar-refractivity contribution in [2.24, 2.45) is 0 Å². The second kappa shape index (κ2) is 8.95. The third-order valence-electron chi connectivity index (χ3n) is 8.62. The highest BCUT2D eigenvalue weighted by molar-refractivity contribution is 6.22. The fourth-order valence-corrected chi connectivity index (χ4v) is 6.67. The van der Waals surface area contributed by atoms with Crippen LogP contribution in [0.4, 0.5) is 17.1 Å². The number of fused-ring (bicyclic) bond motifs is 10. The lowest BCUT2D eigenvalue weighted by molar-refractivity contribution is 0.669. The van der Waals surface area contributed by atoms with E-state index in [4.69, 9.17) is 4.42 Å². The molecule has 0 atom stereocenters. The summed E-state index contributed by atoms with van der Waals surface area (Å²) < 4.78 is 6.51. The molecule has 8 aromatic carbocycles. The SMILES string of the molecule is c1ccc(N(c2ccc3ccc4c(ccc5c6ccccc6ccc54)c3c2)c2cccc3c2oc2ccccc23)cc1. The molecule has 2 nitrogen and oxygen atoms in total. The quantitative estimate of drug-likeness (QED) is 0.209. The van der Waals surface area contributed by atoms with E-state index in [1.54, 1.807) is 0 Å². The Morgan fingerprint density at radius 3 is 1.79 bits per heavy atom. The molecule has 0 aliphatic heterocycles. The van der Waals surface area contributed by atoms with Gasteiger partial charge in [0.1, 0.15) is 5.58 Å². The van der Waals surface area contributed by atoms with E-state index >= 15 is 0 Å². The number of anilines is 3. The molecule has 1 aromatic heterocycles. The van der Waals surface area contributed by atoms with Crippen molar-refractivity contribution in [3.63, 3.8) is 0 Å². The highest BCUT2D eigenvalue weighted by atomic mass is 16.3. The van der Waals surface area contributed by atoms with Crippen LogP contribution in [0.5, 0.6) is 0 Å². The number of furan rings is 1. The topological polar surface area (TPSA) is 16.4 Å². The Balaban J connectivity index is 1.32. The second-order valence-corrected chi connectivity index (χ2v) is 10.9. The maximum absolute atomic E-state index is 6.51. The number of rotatable bonds is 3. The summed E-state index contributed by atoms with van der Waals surface area (Å²) in [5, 5.41) is 12.4. The minimum Gasteiger partial charge on any atom is -0.454 e. The highest BCUT2D eigenvalue weighted by Gasteiger charge is 2.19. The van der Waals surface area contributed by atoms with E-state index < -0.39 is 0 Å². The van der Waals surface area contributed by atoms with E-state index in [0.717, 1.165) is 39.0 Å². The average Bonchev–Trinajstić information content (AvgIpc) is 3.44. The van der Waals surface area contributed by atoms with Crippen molar-refractivity contribution < 1.29 is 4.42 Å². The number of para-hydroxylation sites is 3. The predicted molar refractivity (Wildman–Crippen MR) is 178 cm³/mol. The lowest BCUT2D eigenvalue weighted by Crippen LogP contribution is -2.10. The molecule has 0 amide bonds. The molecule has 0 spiro atoms. The molecule has 0 radical (unpaired) electrons. The van der Waals surface area contributed by atoms with Crippen LogP contribution in [-0.2, 0) is 0 Å². The van der Waals surface area contributed by atoms with Crippen molar-refractivity contribution in [3.8, 4) is 0 Å². The molecule has 0 aliphatic rings. The van der Waals surface area contributed by atoms with Crippen LogP contribution in [0, 0.1) is 0 Å².